The summed E-state index contributed by atoms with van der Waals surface area (Å²) in [4.78, 5) is 15.7. The molecule has 8 nitrogen and oxygen atoms in total. The Morgan fingerprint density at radius 1 is 1.19 bits per heavy atom. The Balaban J connectivity index is 1.43. The molecule has 0 unspecified atom stereocenters. The Kier molecular flexibility index (Phi) is 8.54. The summed E-state index contributed by atoms with van der Waals surface area (Å²) < 4.78 is 41.1. The molecule has 0 aromatic heterocycles. The zero-order valence-electron chi connectivity index (χ0n) is 24.8. The summed E-state index contributed by atoms with van der Waals surface area (Å²) in [5.74, 6) is 0.275. The second kappa shape index (κ2) is 12.1. The summed E-state index contributed by atoms with van der Waals surface area (Å²) in [6, 6.07) is 11.4. The highest BCUT2D eigenvalue weighted by Crippen LogP contribution is 2.47. The maximum absolute atomic E-state index is 13.4. The average molecular weight is 629 g/mol. The molecule has 43 heavy (non-hydrogen) atoms. The third-order valence-electron chi connectivity index (χ3n) is 10.1. The van der Waals surface area contributed by atoms with E-state index in [1.54, 1.807) is 32.2 Å². The number of aryl methyl sites for hydroxylation is 1. The van der Waals surface area contributed by atoms with Crippen molar-refractivity contribution in [3.05, 3.63) is 70.3 Å². The number of fused-ring (bicyclic) bond motifs is 4. The van der Waals surface area contributed by atoms with E-state index in [2.05, 4.69) is 21.8 Å². The van der Waals surface area contributed by atoms with Crippen LogP contribution in [0.5, 0.6) is 5.75 Å². The third kappa shape index (κ3) is 5.93. The number of benzene rings is 2. The van der Waals surface area contributed by atoms with Crippen LogP contribution in [-0.4, -0.2) is 64.2 Å². The number of rotatable bonds is 2. The Bertz CT molecular complexity index is 1510. The number of anilines is 1. The molecule has 2 aliphatic heterocycles. The van der Waals surface area contributed by atoms with Gasteiger partial charge in [0.05, 0.1) is 23.6 Å². The van der Waals surface area contributed by atoms with Crippen LogP contribution in [0.25, 0.3) is 0 Å². The van der Waals surface area contributed by atoms with Crippen molar-refractivity contribution >= 4 is 33.2 Å². The van der Waals surface area contributed by atoms with E-state index in [1.807, 2.05) is 18.2 Å². The molecule has 1 saturated carbocycles. The molecule has 1 spiro atoms. The standard InChI is InChI=1S/C33H41ClN2O6S/c1-21-14-22(18-37)5-11-30(41-2)27-9-6-25(27)17-36-19-33(13-3-4-23-15-26(34)8-10-28(23)33)20-42-31-12-7-24(16-29(31)36)32(38)35-43(21,39)40/h5,7-8,10-12,15-16,21-22,25,27,30,37H,3-4,6,9,13-14,17-20H2,1-2H3,(H,35,38)/b11-5+/t21-,22+,25+,27-,30+,33+/m1/s1. The topological polar surface area (TPSA) is 105 Å². The van der Waals surface area contributed by atoms with Crippen molar-refractivity contribution in [1.82, 2.24) is 4.72 Å². The first-order valence-corrected chi connectivity index (χ1v) is 17.2. The second-order valence-electron chi connectivity index (χ2n) is 12.8. The maximum Gasteiger partial charge on any atom is 0.264 e. The summed E-state index contributed by atoms with van der Waals surface area (Å²) in [6.45, 7) is 3.33. The molecule has 2 aromatic carbocycles. The SMILES string of the molecule is CO[C@H]1/C=C/[C@H](CO)C[C@@H](C)S(=O)(=O)NC(=O)c2ccc3c(c2)N(C[C@@H]2CC[C@H]21)C[C@@]1(CCCc2cc(Cl)ccc21)CO3. The van der Waals surface area contributed by atoms with Gasteiger partial charge in [0.2, 0.25) is 10.0 Å². The number of sulfonamides is 1. The van der Waals surface area contributed by atoms with Gasteiger partial charge in [-0.1, -0.05) is 29.8 Å². The van der Waals surface area contributed by atoms with Gasteiger partial charge < -0.3 is 19.5 Å². The zero-order chi connectivity index (χ0) is 30.4. The number of nitrogens with one attached hydrogen (secondary N) is 1. The number of aliphatic hydroxyl groups is 1. The summed E-state index contributed by atoms with van der Waals surface area (Å²) >= 11 is 6.40. The highest BCUT2D eigenvalue weighted by atomic mass is 35.5. The van der Waals surface area contributed by atoms with Gasteiger partial charge >= 0.3 is 0 Å². The molecule has 1 amide bonds. The molecule has 2 N–H and O–H groups in total. The highest BCUT2D eigenvalue weighted by molar-refractivity contribution is 7.90. The fourth-order valence-corrected chi connectivity index (χ4v) is 8.78. The van der Waals surface area contributed by atoms with Gasteiger partial charge in [-0.2, -0.15) is 0 Å². The van der Waals surface area contributed by atoms with Crippen molar-refractivity contribution in [2.45, 2.75) is 62.2 Å². The fraction of sp³-hybridized carbons (Fsp3) is 0.545. The number of methoxy groups -OCH3 is 1. The predicted molar refractivity (Wildman–Crippen MR) is 167 cm³/mol. The maximum atomic E-state index is 13.4. The van der Waals surface area contributed by atoms with Crippen molar-refractivity contribution in [1.29, 1.82) is 0 Å². The quantitative estimate of drug-likeness (QED) is 0.457. The van der Waals surface area contributed by atoms with Crippen LogP contribution < -0.4 is 14.4 Å². The molecule has 10 heteroatoms. The normalized spacial score (nSPS) is 32.8. The molecule has 2 aliphatic carbocycles. The molecule has 0 radical (unpaired) electrons. The van der Waals surface area contributed by atoms with Crippen molar-refractivity contribution in [2.24, 2.45) is 17.8 Å². The van der Waals surface area contributed by atoms with Gasteiger partial charge in [0.25, 0.3) is 5.91 Å². The van der Waals surface area contributed by atoms with Crippen molar-refractivity contribution in [3.8, 4) is 5.75 Å². The van der Waals surface area contributed by atoms with Gasteiger partial charge in [0.1, 0.15) is 5.75 Å². The Hall–Kier alpha value is -2.59. The van der Waals surface area contributed by atoms with Crippen LogP contribution in [0.1, 0.15) is 60.5 Å². The third-order valence-corrected chi connectivity index (χ3v) is 12.1. The Morgan fingerprint density at radius 3 is 2.77 bits per heavy atom. The lowest BCUT2D eigenvalue weighted by atomic mass is 9.68. The zero-order valence-corrected chi connectivity index (χ0v) is 26.4. The number of ether oxygens (including phenoxy) is 2. The van der Waals surface area contributed by atoms with E-state index in [0.717, 1.165) is 49.4 Å². The molecule has 6 atom stereocenters. The molecule has 2 aromatic rings. The van der Waals surface area contributed by atoms with Crippen LogP contribution >= 0.6 is 11.6 Å². The van der Waals surface area contributed by atoms with Crippen molar-refractivity contribution in [2.75, 3.05) is 38.3 Å². The molecule has 232 valence electrons. The molecular weight excluding hydrogens is 588 g/mol. The van der Waals surface area contributed by atoms with E-state index in [4.69, 9.17) is 21.1 Å². The molecule has 2 heterocycles. The second-order valence-corrected chi connectivity index (χ2v) is 15.4. The van der Waals surface area contributed by atoms with Gasteiger partial charge in [-0.25, -0.2) is 13.1 Å². The number of carbonyl (C=O) groups excluding carboxylic acids is 1. The van der Waals surface area contributed by atoms with Crippen LogP contribution in [0, 0.1) is 17.8 Å². The van der Waals surface area contributed by atoms with E-state index < -0.39 is 21.2 Å². The van der Waals surface area contributed by atoms with E-state index in [-0.39, 0.29) is 41.9 Å². The monoisotopic (exact) mass is 628 g/mol. The highest BCUT2D eigenvalue weighted by Gasteiger charge is 2.44. The van der Waals surface area contributed by atoms with E-state index >= 15 is 0 Å². The molecule has 0 saturated heterocycles. The molecule has 2 bridgehead atoms. The van der Waals surface area contributed by atoms with Gasteiger partial charge in [-0.15, -0.1) is 0 Å². The van der Waals surface area contributed by atoms with Crippen molar-refractivity contribution in [3.63, 3.8) is 0 Å². The number of hydrogen-bond donors (Lipinski definition) is 2. The molecule has 6 rings (SSSR count). The molecule has 4 aliphatic rings. The van der Waals surface area contributed by atoms with Crippen LogP contribution in [0.2, 0.25) is 5.02 Å². The predicted octanol–water partition coefficient (Wildman–Crippen LogP) is 4.87. The number of carbonyl (C=O) groups is 1. The lowest BCUT2D eigenvalue weighted by molar-refractivity contribution is 0.0129. The van der Waals surface area contributed by atoms with Crippen LogP contribution in [0.15, 0.2) is 48.6 Å². The number of halogens is 1. The molecular formula is C33H41ClN2O6S. The molecule has 1 fully saturated rings. The Morgan fingerprint density at radius 2 is 2.02 bits per heavy atom. The first-order valence-electron chi connectivity index (χ1n) is 15.3. The van der Waals surface area contributed by atoms with E-state index in [9.17, 15) is 18.3 Å². The first kappa shape index (κ1) is 30.4. The summed E-state index contributed by atoms with van der Waals surface area (Å²) in [6.07, 6.45) is 8.95. The van der Waals surface area contributed by atoms with Crippen LogP contribution in [0.3, 0.4) is 0 Å². The average Bonchev–Trinajstić information content (AvgIpc) is 3.12. The van der Waals surface area contributed by atoms with Gasteiger partial charge in [-0.05, 0) is 98.7 Å². The summed E-state index contributed by atoms with van der Waals surface area (Å²) in [5.41, 5.74) is 3.33. The number of nitrogens with zero attached hydrogens (tertiary/aromatic N) is 1. The van der Waals surface area contributed by atoms with Crippen LogP contribution in [0.4, 0.5) is 5.69 Å². The summed E-state index contributed by atoms with van der Waals surface area (Å²) in [7, 11) is -2.28. The largest absolute Gasteiger partial charge is 0.490 e. The number of hydrogen-bond acceptors (Lipinski definition) is 7. The number of aliphatic hydroxyl groups excluding tert-OH is 1. The fourth-order valence-electron chi connectivity index (χ4n) is 7.51. The van der Waals surface area contributed by atoms with Gasteiger partial charge in [0, 0.05) is 48.7 Å². The van der Waals surface area contributed by atoms with Gasteiger partial charge in [0.15, 0.2) is 0 Å². The Labute approximate surface area is 259 Å². The minimum absolute atomic E-state index is 0.145. The smallest absolute Gasteiger partial charge is 0.264 e. The minimum atomic E-state index is -3.99. The van der Waals surface area contributed by atoms with E-state index in [0.29, 0.717) is 24.8 Å². The number of amides is 1. The lowest BCUT2D eigenvalue weighted by Crippen LogP contribution is -2.49. The first-order chi connectivity index (χ1) is 20.6. The van der Waals surface area contributed by atoms with E-state index in [1.165, 1.54) is 11.1 Å². The minimum Gasteiger partial charge on any atom is -0.490 e. The van der Waals surface area contributed by atoms with Gasteiger partial charge in [-0.3, -0.25) is 4.79 Å². The van der Waals surface area contributed by atoms with Crippen molar-refractivity contribution < 1.29 is 27.8 Å². The van der Waals surface area contributed by atoms with Crippen LogP contribution in [-0.2, 0) is 26.6 Å². The summed E-state index contributed by atoms with van der Waals surface area (Å²) in [5, 5.41) is 9.88. The lowest BCUT2D eigenvalue weighted by Gasteiger charge is -2.46.